The van der Waals surface area contributed by atoms with Crippen molar-refractivity contribution in [1.82, 2.24) is 15.1 Å². The number of benzene rings is 1. The number of nitro groups is 1. The Labute approximate surface area is 157 Å². The molecule has 0 bridgehead atoms. The molecular weight excluding hydrogens is 376 g/mol. The van der Waals surface area contributed by atoms with E-state index in [1.165, 1.54) is 16.8 Å². The van der Waals surface area contributed by atoms with Gasteiger partial charge in [0.1, 0.15) is 4.92 Å². The van der Waals surface area contributed by atoms with Crippen molar-refractivity contribution in [3.8, 4) is 11.3 Å². The molecule has 0 aliphatic carbocycles. The maximum Gasteiger partial charge on any atom is 0.433 e. The topological polar surface area (TPSA) is 120 Å². The second-order valence-corrected chi connectivity index (χ2v) is 5.87. The molecule has 1 N–H and O–H groups in total. The van der Waals surface area contributed by atoms with Gasteiger partial charge in [0.2, 0.25) is 0 Å². The van der Waals surface area contributed by atoms with Crippen LogP contribution in [0.2, 0.25) is 5.02 Å². The zero-order valence-corrected chi connectivity index (χ0v) is 14.5. The highest BCUT2D eigenvalue weighted by Crippen LogP contribution is 2.18. The Hall–Kier alpha value is -3.46. The zero-order valence-electron chi connectivity index (χ0n) is 13.8. The second kappa shape index (κ2) is 7.83. The van der Waals surface area contributed by atoms with Crippen molar-refractivity contribution < 1.29 is 14.1 Å². The highest BCUT2D eigenvalue weighted by molar-refractivity contribution is 6.30. The first kappa shape index (κ1) is 18.3. The summed E-state index contributed by atoms with van der Waals surface area (Å²) in [7, 11) is 0. The summed E-state index contributed by atoms with van der Waals surface area (Å²) in [5.41, 5.74) is 1.05. The first-order chi connectivity index (χ1) is 12.9. The summed E-state index contributed by atoms with van der Waals surface area (Å²) in [6.45, 7) is 0.207. The average molecular weight is 389 g/mol. The number of rotatable bonds is 6. The number of amides is 1. The predicted octanol–water partition coefficient (Wildman–Crippen LogP) is 2.49. The first-order valence-electron chi connectivity index (χ1n) is 7.80. The van der Waals surface area contributed by atoms with E-state index in [2.05, 4.69) is 10.4 Å². The van der Waals surface area contributed by atoms with Crippen LogP contribution in [0, 0.1) is 10.1 Å². The summed E-state index contributed by atoms with van der Waals surface area (Å²) in [6, 6.07) is 12.3. The maximum atomic E-state index is 12.0. The van der Waals surface area contributed by atoms with Crippen LogP contribution in [-0.4, -0.2) is 27.2 Å². The summed E-state index contributed by atoms with van der Waals surface area (Å²) < 4.78 is 6.03. The van der Waals surface area contributed by atoms with Gasteiger partial charge in [-0.15, -0.1) is 0 Å². The molecule has 1 amide bonds. The predicted molar refractivity (Wildman–Crippen MR) is 96.6 cm³/mol. The maximum absolute atomic E-state index is 12.0. The van der Waals surface area contributed by atoms with Gasteiger partial charge in [0, 0.05) is 23.2 Å². The van der Waals surface area contributed by atoms with E-state index in [9.17, 15) is 19.7 Å². The summed E-state index contributed by atoms with van der Waals surface area (Å²) >= 11 is 5.86. The molecule has 3 aromatic rings. The van der Waals surface area contributed by atoms with Crippen molar-refractivity contribution >= 4 is 23.4 Å². The minimum Gasteiger partial charge on any atom is -0.395 e. The van der Waals surface area contributed by atoms with Crippen molar-refractivity contribution in [1.29, 1.82) is 0 Å². The molecule has 0 aliphatic rings. The molecule has 27 heavy (non-hydrogen) atoms. The number of furan rings is 1. The minimum absolute atomic E-state index is 0.0876. The van der Waals surface area contributed by atoms with Crippen LogP contribution in [0.25, 0.3) is 11.3 Å². The Morgan fingerprint density at radius 3 is 2.59 bits per heavy atom. The molecule has 0 fully saturated rings. The molecule has 138 valence electrons. The fraction of sp³-hybridized carbons (Fsp3) is 0.118. The monoisotopic (exact) mass is 388 g/mol. The number of nitrogens with zero attached hydrogens (tertiary/aromatic N) is 3. The number of aromatic nitrogens is 2. The van der Waals surface area contributed by atoms with Crippen molar-refractivity contribution in [2.45, 2.75) is 6.54 Å². The third-order valence-corrected chi connectivity index (χ3v) is 3.86. The van der Waals surface area contributed by atoms with Crippen LogP contribution in [0.5, 0.6) is 0 Å². The fourth-order valence-corrected chi connectivity index (χ4v) is 2.42. The van der Waals surface area contributed by atoms with Gasteiger partial charge in [-0.2, -0.15) is 5.10 Å². The van der Waals surface area contributed by atoms with E-state index in [0.29, 0.717) is 10.7 Å². The Kier molecular flexibility index (Phi) is 5.32. The molecule has 2 aromatic heterocycles. The van der Waals surface area contributed by atoms with E-state index in [4.69, 9.17) is 16.0 Å². The van der Waals surface area contributed by atoms with Crippen LogP contribution < -0.4 is 10.9 Å². The van der Waals surface area contributed by atoms with Gasteiger partial charge < -0.3 is 9.73 Å². The second-order valence-electron chi connectivity index (χ2n) is 5.44. The first-order valence-corrected chi connectivity index (χ1v) is 8.18. The highest BCUT2D eigenvalue weighted by Gasteiger charge is 2.16. The van der Waals surface area contributed by atoms with Gasteiger partial charge in [-0.3, -0.25) is 19.7 Å². The summed E-state index contributed by atoms with van der Waals surface area (Å²) in [5, 5.41) is 17.9. The summed E-state index contributed by atoms with van der Waals surface area (Å²) in [6.07, 6.45) is 0. The van der Waals surface area contributed by atoms with Crippen molar-refractivity contribution in [3.05, 3.63) is 79.8 Å². The Morgan fingerprint density at radius 1 is 1.19 bits per heavy atom. The zero-order chi connectivity index (χ0) is 19.4. The van der Waals surface area contributed by atoms with Crippen LogP contribution in [-0.2, 0) is 6.54 Å². The SMILES string of the molecule is O=C(NCCn1nc(-c2ccc(Cl)cc2)ccc1=O)c1ccc([N+](=O)[O-])o1. The quantitative estimate of drug-likeness (QED) is 0.511. The molecule has 0 saturated heterocycles. The molecule has 3 rings (SSSR count). The van der Waals surface area contributed by atoms with E-state index < -0.39 is 16.7 Å². The molecule has 0 saturated carbocycles. The average Bonchev–Trinajstić information content (AvgIpc) is 3.14. The van der Waals surface area contributed by atoms with Crippen molar-refractivity contribution in [3.63, 3.8) is 0 Å². The Bertz CT molecular complexity index is 1040. The molecule has 0 unspecified atom stereocenters. The minimum atomic E-state index is -0.734. The number of hydrogen-bond donors (Lipinski definition) is 1. The van der Waals surface area contributed by atoms with Crippen LogP contribution >= 0.6 is 11.6 Å². The lowest BCUT2D eigenvalue weighted by molar-refractivity contribution is -0.402. The van der Waals surface area contributed by atoms with E-state index in [-0.39, 0.29) is 24.4 Å². The molecular formula is C17H13ClN4O5. The van der Waals surface area contributed by atoms with E-state index in [1.54, 1.807) is 30.3 Å². The van der Waals surface area contributed by atoms with E-state index >= 15 is 0 Å². The molecule has 10 heteroatoms. The van der Waals surface area contributed by atoms with Gasteiger partial charge in [-0.1, -0.05) is 23.7 Å². The van der Waals surface area contributed by atoms with Crippen molar-refractivity contribution in [2.24, 2.45) is 0 Å². The summed E-state index contributed by atoms with van der Waals surface area (Å²) in [5.74, 6) is -1.32. The number of halogens is 1. The van der Waals surface area contributed by atoms with Crippen LogP contribution in [0.4, 0.5) is 5.88 Å². The van der Waals surface area contributed by atoms with Crippen molar-refractivity contribution in [2.75, 3.05) is 6.54 Å². The largest absolute Gasteiger partial charge is 0.433 e. The Morgan fingerprint density at radius 2 is 1.93 bits per heavy atom. The van der Waals surface area contributed by atoms with Gasteiger partial charge in [-0.05, 0) is 24.3 Å². The van der Waals surface area contributed by atoms with Gasteiger partial charge in [0.05, 0.1) is 18.3 Å². The van der Waals surface area contributed by atoms with Crippen LogP contribution in [0.1, 0.15) is 10.6 Å². The molecule has 0 radical (unpaired) electrons. The van der Waals surface area contributed by atoms with Gasteiger partial charge in [0.15, 0.2) is 5.76 Å². The lowest BCUT2D eigenvalue weighted by atomic mass is 10.1. The fourth-order valence-electron chi connectivity index (χ4n) is 2.29. The Balaban J connectivity index is 1.66. The highest BCUT2D eigenvalue weighted by atomic mass is 35.5. The van der Waals surface area contributed by atoms with Gasteiger partial charge in [-0.25, -0.2) is 4.68 Å². The van der Waals surface area contributed by atoms with E-state index in [0.717, 1.165) is 11.6 Å². The molecule has 9 nitrogen and oxygen atoms in total. The van der Waals surface area contributed by atoms with Gasteiger partial charge in [0.25, 0.3) is 11.5 Å². The smallest absolute Gasteiger partial charge is 0.395 e. The lowest BCUT2D eigenvalue weighted by Gasteiger charge is -2.08. The third-order valence-electron chi connectivity index (χ3n) is 3.61. The van der Waals surface area contributed by atoms with Crippen LogP contribution in [0.3, 0.4) is 0 Å². The lowest BCUT2D eigenvalue weighted by Crippen LogP contribution is -2.31. The molecule has 0 aliphatic heterocycles. The summed E-state index contributed by atoms with van der Waals surface area (Å²) in [4.78, 5) is 33.7. The molecule has 0 spiro atoms. The van der Waals surface area contributed by atoms with Crippen LogP contribution in [0.15, 0.2) is 57.7 Å². The normalized spacial score (nSPS) is 10.6. The number of hydrogen-bond acceptors (Lipinski definition) is 6. The standard InChI is InChI=1S/C17H13ClN4O5/c18-12-3-1-11(2-4-12)13-5-7-15(23)21(20-13)10-9-19-17(24)14-6-8-16(27-14)22(25)26/h1-8H,9-10H2,(H,19,24). The molecule has 2 heterocycles. The number of carbonyl (C=O) groups excluding carboxylic acids is 1. The number of nitrogens with one attached hydrogen (secondary N) is 1. The molecule has 1 aromatic carbocycles. The molecule has 0 atom stereocenters. The van der Waals surface area contributed by atoms with E-state index in [1.807, 2.05) is 0 Å². The number of carbonyl (C=O) groups is 1. The van der Waals surface area contributed by atoms with Gasteiger partial charge >= 0.3 is 5.88 Å². The third kappa shape index (κ3) is 4.39.